The van der Waals surface area contributed by atoms with E-state index in [1.165, 1.54) is 44.4 Å². The normalized spacial score (nSPS) is 16.1. The molecule has 1 aromatic heterocycles. The van der Waals surface area contributed by atoms with Gasteiger partial charge in [0.1, 0.15) is 12.0 Å². The standard InChI is InChI=1S/C44H34N4/c1-44(2)36-24-14-12-22-33(36)39-35-28-31(43-46-41(29-16-6-3-7-17-29)45-42(47-43)30-18-8-4-9-19-30)26-27-38(35)48(32-20-10-5-11-21-32)40(39)34-23-13-15-25-37(34)44/h3-28,43H,1-2H3,(H,45,46,47). The molecule has 0 radical (unpaired) electrons. The van der Waals surface area contributed by atoms with Crippen molar-refractivity contribution in [2.24, 2.45) is 9.98 Å². The van der Waals surface area contributed by atoms with E-state index in [0.29, 0.717) is 0 Å². The largest absolute Gasteiger partial charge is 0.344 e. The molecule has 1 aliphatic heterocycles. The summed E-state index contributed by atoms with van der Waals surface area (Å²) >= 11 is 0. The molecule has 1 aliphatic carbocycles. The third-order valence-corrected chi connectivity index (χ3v) is 9.87. The topological polar surface area (TPSA) is 41.7 Å². The minimum absolute atomic E-state index is 0.196. The summed E-state index contributed by atoms with van der Waals surface area (Å²) in [6.07, 6.45) is -0.321. The van der Waals surface area contributed by atoms with Crippen LogP contribution in [-0.4, -0.2) is 16.2 Å². The monoisotopic (exact) mass is 618 g/mol. The van der Waals surface area contributed by atoms with Gasteiger partial charge in [0.25, 0.3) is 0 Å². The van der Waals surface area contributed by atoms with E-state index in [1.807, 2.05) is 36.4 Å². The van der Waals surface area contributed by atoms with Gasteiger partial charge in [-0.25, -0.2) is 9.98 Å². The quantitative estimate of drug-likeness (QED) is 0.210. The highest BCUT2D eigenvalue weighted by atomic mass is 15.2. The molecule has 0 amide bonds. The molecule has 0 saturated carbocycles. The van der Waals surface area contributed by atoms with E-state index in [2.05, 4.69) is 145 Å². The Morgan fingerprint density at radius 2 is 1.19 bits per heavy atom. The van der Waals surface area contributed by atoms with Crippen LogP contribution in [0.4, 0.5) is 0 Å². The van der Waals surface area contributed by atoms with Crippen LogP contribution in [-0.2, 0) is 5.41 Å². The molecule has 1 unspecified atom stereocenters. The summed E-state index contributed by atoms with van der Waals surface area (Å²) in [4.78, 5) is 10.2. The highest BCUT2D eigenvalue weighted by Crippen LogP contribution is 2.52. The average molecular weight is 619 g/mol. The molecule has 7 aromatic rings. The van der Waals surface area contributed by atoms with Crippen LogP contribution in [0.2, 0.25) is 0 Å². The summed E-state index contributed by atoms with van der Waals surface area (Å²) in [6.45, 7) is 4.71. The molecule has 4 heteroatoms. The van der Waals surface area contributed by atoms with Crippen LogP contribution < -0.4 is 5.32 Å². The van der Waals surface area contributed by atoms with E-state index in [0.717, 1.165) is 34.0 Å². The zero-order valence-corrected chi connectivity index (χ0v) is 26.9. The van der Waals surface area contributed by atoms with Gasteiger partial charge in [-0.1, -0.05) is 147 Å². The fraction of sp³-hybridized carbons (Fsp3) is 0.0909. The maximum atomic E-state index is 5.21. The van der Waals surface area contributed by atoms with Gasteiger partial charge < -0.3 is 9.88 Å². The maximum Gasteiger partial charge on any atom is 0.159 e. The minimum Gasteiger partial charge on any atom is -0.344 e. The highest BCUT2D eigenvalue weighted by molar-refractivity contribution is 6.13. The van der Waals surface area contributed by atoms with E-state index in [4.69, 9.17) is 9.98 Å². The minimum atomic E-state index is -0.321. The van der Waals surface area contributed by atoms with Crippen molar-refractivity contribution in [1.82, 2.24) is 9.88 Å². The lowest BCUT2D eigenvalue weighted by molar-refractivity contribution is 0.646. The zero-order valence-electron chi connectivity index (χ0n) is 26.9. The first-order valence-corrected chi connectivity index (χ1v) is 16.6. The first-order valence-electron chi connectivity index (χ1n) is 16.6. The van der Waals surface area contributed by atoms with Gasteiger partial charge in [0.15, 0.2) is 5.84 Å². The Morgan fingerprint density at radius 3 is 1.90 bits per heavy atom. The molecular weight excluding hydrogens is 585 g/mol. The number of amidine groups is 2. The summed E-state index contributed by atoms with van der Waals surface area (Å²) in [5, 5.41) is 4.89. The summed E-state index contributed by atoms with van der Waals surface area (Å²) in [6, 6.07) is 56.1. The third kappa shape index (κ3) is 4.44. The van der Waals surface area contributed by atoms with E-state index in [9.17, 15) is 0 Å². The summed E-state index contributed by atoms with van der Waals surface area (Å²) in [5.74, 6) is 1.54. The third-order valence-electron chi connectivity index (χ3n) is 9.87. The number of rotatable bonds is 4. The molecule has 0 spiro atoms. The second-order valence-corrected chi connectivity index (χ2v) is 13.1. The van der Waals surface area contributed by atoms with Gasteiger partial charge >= 0.3 is 0 Å². The lowest BCUT2D eigenvalue weighted by Gasteiger charge is -2.28. The number of aliphatic imine (C=N–C) groups is 2. The van der Waals surface area contributed by atoms with E-state index in [1.54, 1.807) is 0 Å². The van der Waals surface area contributed by atoms with Crippen molar-refractivity contribution in [3.05, 3.63) is 186 Å². The molecule has 1 N–H and O–H groups in total. The SMILES string of the molecule is CC1(C)c2ccccc2-c2c(n(-c3ccccc3)c3ccc(C4N=C(c5ccccc5)N=C(c5ccccc5)N4)cc23)-c2ccccc21. The first-order chi connectivity index (χ1) is 23.6. The van der Waals surface area contributed by atoms with Crippen LogP contribution in [0.15, 0.2) is 168 Å². The average Bonchev–Trinajstić information content (AvgIpc) is 3.46. The van der Waals surface area contributed by atoms with Crippen molar-refractivity contribution in [3.8, 4) is 28.1 Å². The van der Waals surface area contributed by atoms with Crippen LogP contribution in [0.3, 0.4) is 0 Å². The first kappa shape index (κ1) is 28.2. The predicted molar refractivity (Wildman–Crippen MR) is 198 cm³/mol. The zero-order chi connectivity index (χ0) is 32.2. The second kappa shape index (κ2) is 11.1. The number of nitrogens with zero attached hydrogens (tertiary/aromatic N) is 3. The fourth-order valence-electron chi connectivity index (χ4n) is 7.56. The van der Waals surface area contributed by atoms with Gasteiger partial charge in [0.2, 0.25) is 0 Å². The molecule has 6 aromatic carbocycles. The Balaban J connectivity index is 1.32. The van der Waals surface area contributed by atoms with E-state index in [-0.39, 0.29) is 11.6 Å². The summed E-state index contributed by atoms with van der Waals surface area (Å²) in [5.41, 5.74) is 12.9. The number of benzene rings is 6. The van der Waals surface area contributed by atoms with Crippen molar-refractivity contribution < 1.29 is 0 Å². The van der Waals surface area contributed by atoms with Gasteiger partial charge in [-0.05, 0) is 46.5 Å². The Hall–Kier alpha value is -6.00. The van der Waals surface area contributed by atoms with Crippen molar-refractivity contribution >= 4 is 22.6 Å². The molecule has 2 aliphatic rings. The molecule has 2 heterocycles. The van der Waals surface area contributed by atoms with Gasteiger partial charge in [0, 0.05) is 38.7 Å². The number of fused-ring (bicyclic) bond motifs is 7. The molecule has 48 heavy (non-hydrogen) atoms. The van der Waals surface area contributed by atoms with E-state index >= 15 is 0 Å². The van der Waals surface area contributed by atoms with Crippen LogP contribution in [0.25, 0.3) is 39.0 Å². The Labute approximate surface area is 280 Å². The summed E-state index contributed by atoms with van der Waals surface area (Å²) in [7, 11) is 0. The lowest BCUT2D eigenvalue weighted by atomic mass is 9.75. The molecule has 0 bridgehead atoms. The van der Waals surface area contributed by atoms with Crippen LogP contribution >= 0.6 is 0 Å². The number of aromatic nitrogens is 1. The smallest absolute Gasteiger partial charge is 0.159 e. The highest BCUT2D eigenvalue weighted by Gasteiger charge is 2.36. The van der Waals surface area contributed by atoms with E-state index < -0.39 is 0 Å². The number of hydrogen-bond donors (Lipinski definition) is 1. The van der Waals surface area contributed by atoms with Crippen molar-refractivity contribution in [3.63, 3.8) is 0 Å². The number of nitrogens with one attached hydrogen (secondary N) is 1. The summed E-state index contributed by atoms with van der Waals surface area (Å²) < 4.78 is 2.45. The second-order valence-electron chi connectivity index (χ2n) is 13.1. The molecular formula is C44H34N4. The number of hydrogen-bond acceptors (Lipinski definition) is 3. The Kier molecular flexibility index (Phi) is 6.51. The van der Waals surface area contributed by atoms with Crippen molar-refractivity contribution in [2.45, 2.75) is 25.4 Å². The van der Waals surface area contributed by atoms with Crippen LogP contribution in [0.5, 0.6) is 0 Å². The lowest BCUT2D eigenvalue weighted by Crippen LogP contribution is -2.33. The molecule has 4 nitrogen and oxygen atoms in total. The van der Waals surface area contributed by atoms with Gasteiger partial charge in [0.05, 0.1) is 11.2 Å². The Morgan fingerprint density at radius 1 is 0.604 bits per heavy atom. The Bertz CT molecular complexity index is 2380. The van der Waals surface area contributed by atoms with Crippen molar-refractivity contribution in [2.75, 3.05) is 0 Å². The molecule has 9 rings (SSSR count). The predicted octanol–water partition coefficient (Wildman–Crippen LogP) is 10.1. The maximum absolute atomic E-state index is 5.21. The van der Waals surface area contributed by atoms with Gasteiger partial charge in [-0.3, -0.25) is 0 Å². The fourth-order valence-corrected chi connectivity index (χ4v) is 7.56. The molecule has 0 saturated heterocycles. The van der Waals surface area contributed by atoms with Crippen LogP contribution in [0, 0.1) is 0 Å². The molecule has 1 atom stereocenters. The van der Waals surface area contributed by atoms with Crippen LogP contribution in [0.1, 0.15) is 47.8 Å². The molecule has 0 fully saturated rings. The number of para-hydroxylation sites is 1. The van der Waals surface area contributed by atoms with Gasteiger partial charge in [-0.15, -0.1) is 0 Å². The molecule has 230 valence electrons. The van der Waals surface area contributed by atoms with Gasteiger partial charge in [-0.2, -0.15) is 0 Å². The van der Waals surface area contributed by atoms with Crippen molar-refractivity contribution in [1.29, 1.82) is 0 Å².